The third-order valence-corrected chi connectivity index (χ3v) is 5.64. The van der Waals surface area contributed by atoms with E-state index in [0.29, 0.717) is 10.9 Å². The number of hydrogen-bond donors (Lipinski definition) is 1. The second-order valence-corrected chi connectivity index (χ2v) is 7.37. The number of rotatable bonds is 4. The molecule has 1 saturated carbocycles. The summed E-state index contributed by atoms with van der Waals surface area (Å²) in [6.07, 6.45) is 2.45. The molecule has 0 spiro atoms. The van der Waals surface area contributed by atoms with Crippen LogP contribution in [0.25, 0.3) is 11.4 Å². The van der Waals surface area contributed by atoms with E-state index in [9.17, 15) is 0 Å². The van der Waals surface area contributed by atoms with Gasteiger partial charge in [-0.15, -0.1) is 0 Å². The maximum absolute atomic E-state index is 6.06. The van der Waals surface area contributed by atoms with Crippen molar-refractivity contribution in [3.8, 4) is 11.4 Å². The molecule has 1 aliphatic carbocycles. The van der Waals surface area contributed by atoms with Crippen molar-refractivity contribution in [1.82, 2.24) is 9.97 Å². The van der Waals surface area contributed by atoms with Crippen LogP contribution >= 0.6 is 50.1 Å². The first-order valence-corrected chi connectivity index (χ1v) is 9.11. The van der Waals surface area contributed by atoms with Gasteiger partial charge in [0, 0.05) is 22.5 Å². The Kier molecular flexibility index (Phi) is 4.71. The molecule has 0 saturated heterocycles. The van der Waals surface area contributed by atoms with Crippen molar-refractivity contribution in [3.05, 3.63) is 37.0 Å². The van der Waals surface area contributed by atoms with E-state index < -0.39 is 0 Å². The lowest BCUT2D eigenvalue weighted by Gasteiger charge is -2.12. The Hall–Kier alpha value is -0.400. The van der Waals surface area contributed by atoms with Crippen LogP contribution in [0.15, 0.2) is 22.7 Å². The first-order chi connectivity index (χ1) is 10.1. The van der Waals surface area contributed by atoms with Crippen molar-refractivity contribution in [2.45, 2.75) is 25.7 Å². The first kappa shape index (κ1) is 15.5. The summed E-state index contributed by atoms with van der Waals surface area (Å²) in [5.74, 6) is 2.27. The van der Waals surface area contributed by atoms with Gasteiger partial charge in [0.25, 0.3) is 0 Å². The van der Waals surface area contributed by atoms with Gasteiger partial charge in [-0.1, -0.05) is 11.6 Å². The largest absolute Gasteiger partial charge is 0.369 e. The van der Waals surface area contributed by atoms with E-state index >= 15 is 0 Å². The zero-order valence-electron chi connectivity index (χ0n) is 11.5. The van der Waals surface area contributed by atoms with Crippen LogP contribution in [0.3, 0.4) is 0 Å². The zero-order chi connectivity index (χ0) is 15.0. The van der Waals surface area contributed by atoms with Crippen LogP contribution in [0, 0.1) is 3.57 Å². The molecule has 2 aromatic rings. The van der Waals surface area contributed by atoms with Crippen molar-refractivity contribution in [1.29, 1.82) is 0 Å². The fraction of sp³-hybridized carbons (Fsp3) is 0.333. The summed E-state index contributed by atoms with van der Waals surface area (Å²) in [5, 5.41) is 4.03. The van der Waals surface area contributed by atoms with Gasteiger partial charge in [-0.05, 0) is 76.5 Å². The van der Waals surface area contributed by atoms with Gasteiger partial charge in [-0.2, -0.15) is 0 Å². The summed E-state index contributed by atoms with van der Waals surface area (Å²) in [7, 11) is 0. The summed E-state index contributed by atoms with van der Waals surface area (Å²) in [6, 6.07) is 5.80. The maximum atomic E-state index is 6.06. The Bertz CT molecular complexity index is 689. The molecule has 3 nitrogen and oxygen atoms in total. The number of hydrogen-bond acceptors (Lipinski definition) is 3. The van der Waals surface area contributed by atoms with Crippen molar-refractivity contribution >= 4 is 55.9 Å². The zero-order valence-corrected chi connectivity index (χ0v) is 16.0. The predicted molar refractivity (Wildman–Crippen MR) is 99.0 cm³/mol. The van der Waals surface area contributed by atoms with E-state index in [1.54, 1.807) is 0 Å². The monoisotopic (exact) mass is 477 g/mol. The molecule has 1 heterocycles. The minimum Gasteiger partial charge on any atom is -0.369 e. The Morgan fingerprint density at radius 1 is 1.38 bits per heavy atom. The Morgan fingerprint density at radius 2 is 2.14 bits per heavy atom. The maximum Gasteiger partial charge on any atom is 0.161 e. The topological polar surface area (TPSA) is 37.8 Å². The number of nitrogens with one attached hydrogen (secondary N) is 1. The summed E-state index contributed by atoms with van der Waals surface area (Å²) < 4.78 is 2.01. The summed E-state index contributed by atoms with van der Waals surface area (Å²) >= 11 is 11.9. The van der Waals surface area contributed by atoms with Gasteiger partial charge in [0.2, 0.25) is 0 Å². The van der Waals surface area contributed by atoms with Crippen LogP contribution in [0.1, 0.15) is 31.4 Å². The van der Waals surface area contributed by atoms with E-state index in [1.165, 1.54) is 18.5 Å². The molecular formula is C15H14BrClIN3. The second kappa shape index (κ2) is 6.38. The van der Waals surface area contributed by atoms with E-state index in [0.717, 1.165) is 31.8 Å². The van der Waals surface area contributed by atoms with Gasteiger partial charge in [-0.3, -0.25) is 0 Å². The van der Waals surface area contributed by atoms with Crippen LogP contribution in [0.2, 0.25) is 5.02 Å². The quantitative estimate of drug-likeness (QED) is 0.592. The van der Waals surface area contributed by atoms with Crippen molar-refractivity contribution in [3.63, 3.8) is 0 Å². The molecule has 3 rings (SSSR count). The summed E-state index contributed by atoms with van der Waals surface area (Å²) in [6.45, 7) is 2.93. The molecule has 1 aliphatic rings. The molecular weight excluding hydrogens is 464 g/mol. The van der Waals surface area contributed by atoms with Gasteiger partial charge >= 0.3 is 0 Å². The highest BCUT2D eigenvalue weighted by Gasteiger charge is 2.29. The lowest BCUT2D eigenvalue weighted by Crippen LogP contribution is -2.07. The molecule has 1 N–H and O–H groups in total. The van der Waals surface area contributed by atoms with Gasteiger partial charge < -0.3 is 5.32 Å². The molecule has 0 bridgehead atoms. The number of anilines is 1. The van der Waals surface area contributed by atoms with Gasteiger partial charge in [0.05, 0.1) is 14.3 Å². The lowest BCUT2D eigenvalue weighted by atomic mass is 10.2. The Labute approximate surface area is 151 Å². The number of nitrogens with zero attached hydrogens (tertiary/aromatic N) is 2. The highest BCUT2D eigenvalue weighted by Crippen LogP contribution is 2.43. The van der Waals surface area contributed by atoms with Crippen LogP contribution in [0.5, 0.6) is 0 Å². The number of halogens is 3. The SMILES string of the molecule is CCNc1nc(-c2ccc(Cl)c(Br)c2)nc(C2CC2)c1I. The number of aromatic nitrogens is 2. The fourth-order valence-electron chi connectivity index (χ4n) is 2.14. The molecule has 1 fully saturated rings. The first-order valence-electron chi connectivity index (χ1n) is 6.87. The summed E-state index contributed by atoms with van der Waals surface area (Å²) in [5.41, 5.74) is 2.14. The molecule has 1 aromatic carbocycles. The third kappa shape index (κ3) is 3.35. The average molecular weight is 479 g/mol. The van der Waals surface area contributed by atoms with Crippen LogP contribution in [-0.2, 0) is 0 Å². The fourth-order valence-corrected chi connectivity index (χ4v) is 3.51. The molecule has 1 aromatic heterocycles. The van der Waals surface area contributed by atoms with Crippen molar-refractivity contribution in [2.75, 3.05) is 11.9 Å². The minimum absolute atomic E-state index is 0.590. The van der Waals surface area contributed by atoms with E-state index in [4.69, 9.17) is 16.6 Å². The molecule has 6 heteroatoms. The molecule has 110 valence electrons. The lowest BCUT2D eigenvalue weighted by molar-refractivity contribution is 0.972. The van der Waals surface area contributed by atoms with Crippen molar-refractivity contribution in [2.24, 2.45) is 0 Å². The van der Waals surface area contributed by atoms with Crippen LogP contribution in [0.4, 0.5) is 5.82 Å². The third-order valence-electron chi connectivity index (χ3n) is 3.36. The van der Waals surface area contributed by atoms with Gasteiger partial charge in [0.1, 0.15) is 5.82 Å². The van der Waals surface area contributed by atoms with Gasteiger partial charge in [0.15, 0.2) is 5.82 Å². The normalized spacial score (nSPS) is 14.3. The van der Waals surface area contributed by atoms with Crippen LogP contribution in [-0.4, -0.2) is 16.5 Å². The van der Waals surface area contributed by atoms with Crippen molar-refractivity contribution < 1.29 is 0 Å². The predicted octanol–water partition coefficient (Wildman–Crippen LogP) is 5.47. The molecule has 0 radical (unpaired) electrons. The summed E-state index contributed by atoms with van der Waals surface area (Å²) in [4.78, 5) is 9.48. The Balaban J connectivity index is 2.10. The minimum atomic E-state index is 0.590. The highest BCUT2D eigenvalue weighted by atomic mass is 127. The number of benzene rings is 1. The molecule has 0 atom stereocenters. The Morgan fingerprint density at radius 3 is 2.76 bits per heavy atom. The standard InChI is InChI=1S/C15H14BrClIN3/c1-2-19-15-12(18)13(8-3-4-8)20-14(21-15)9-5-6-11(17)10(16)7-9/h5-8H,2-4H2,1H3,(H,19,20,21). The van der Waals surface area contributed by atoms with E-state index in [2.05, 4.69) is 55.7 Å². The average Bonchev–Trinajstić information content (AvgIpc) is 3.29. The molecule has 0 aliphatic heterocycles. The second-order valence-electron chi connectivity index (χ2n) is 5.03. The highest BCUT2D eigenvalue weighted by molar-refractivity contribution is 14.1. The smallest absolute Gasteiger partial charge is 0.161 e. The molecule has 0 amide bonds. The molecule has 21 heavy (non-hydrogen) atoms. The van der Waals surface area contributed by atoms with E-state index in [1.807, 2.05) is 18.2 Å². The van der Waals surface area contributed by atoms with Gasteiger partial charge in [-0.25, -0.2) is 9.97 Å². The molecule has 0 unspecified atom stereocenters. The van der Waals surface area contributed by atoms with E-state index in [-0.39, 0.29) is 0 Å². The van der Waals surface area contributed by atoms with Crippen LogP contribution < -0.4 is 5.32 Å².